The average Bonchev–Trinajstić information content (AvgIpc) is 2.81. The molecule has 1 aliphatic heterocycles. The number of carbonyl (C=O) groups excluding carboxylic acids is 2. The van der Waals surface area contributed by atoms with Crippen LogP contribution in [0.2, 0.25) is 0 Å². The highest BCUT2D eigenvalue weighted by molar-refractivity contribution is 6.04. The van der Waals surface area contributed by atoms with Gasteiger partial charge in [-0.2, -0.15) is 0 Å². The number of rotatable bonds is 4. The van der Waals surface area contributed by atoms with Crippen LogP contribution in [0.5, 0.6) is 0 Å². The second kappa shape index (κ2) is 5.90. The Morgan fingerprint density at radius 1 is 1.35 bits per heavy atom. The van der Waals surface area contributed by atoms with Gasteiger partial charge in [0.05, 0.1) is 12.5 Å². The van der Waals surface area contributed by atoms with Gasteiger partial charge in [-0.15, -0.1) is 0 Å². The van der Waals surface area contributed by atoms with E-state index in [0.29, 0.717) is 12.4 Å². The molecular weight excluding hydrogens is 256 g/mol. The Kier molecular flexibility index (Phi) is 4.23. The Bertz CT molecular complexity index is 542. The maximum atomic E-state index is 12.0. The minimum Gasteiger partial charge on any atom is -0.481 e. The fraction of sp³-hybridized carbons (Fsp3) is 0.375. The number of hydrogen-bond donors (Lipinski definition) is 0. The SMILES string of the molecule is CCOC(=O)C(C)C1OC(c2ccc(C)cc2)=CC1=O. The minimum atomic E-state index is -0.787. The lowest BCUT2D eigenvalue weighted by atomic mass is 10.0. The standard InChI is InChI=1S/C16H18O4/c1-4-19-16(18)11(3)15-13(17)9-14(20-15)12-7-5-10(2)6-8-12/h5-9,11,15H,4H2,1-3H3. The molecule has 1 aromatic carbocycles. The van der Waals surface area contributed by atoms with E-state index in [1.807, 2.05) is 31.2 Å². The first kappa shape index (κ1) is 14.3. The van der Waals surface area contributed by atoms with Crippen molar-refractivity contribution in [1.29, 1.82) is 0 Å². The Labute approximate surface area is 118 Å². The van der Waals surface area contributed by atoms with Crippen LogP contribution in [0.25, 0.3) is 5.76 Å². The molecule has 4 nitrogen and oxygen atoms in total. The van der Waals surface area contributed by atoms with Crippen molar-refractivity contribution >= 4 is 17.5 Å². The molecule has 0 aromatic heterocycles. The van der Waals surface area contributed by atoms with Crippen LogP contribution in [-0.4, -0.2) is 24.5 Å². The molecule has 2 atom stereocenters. The third-order valence-corrected chi connectivity index (χ3v) is 3.26. The Balaban J connectivity index is 2.11. The minimum absolute atomic E-state index is 0.193. The summed E-state index contributed by atoms with van der Waals surface area (Å²) in [5.41, 5.74) is 1.97. The molecule has 0 amide bonds. The molecule has 0 fully saturated rings. The van der Waals surface area contributed by atoms with Crippen LogP contribution in [-0.2, 0) is 19.1 Å². The van der Waals surface area contributed by atoms with Crippen LogP contribution in [0.4, 0.5) is 0 Å². The van der Waals surface area contributed by atoms with Crippen molar-refractivity contribution < 1.29 is 19.1 Å². The molecule has 0 radical (unpaired) electrons. The molecule has 0 N–H and O–H groups in total. The maximum Gasteiger partial charge on any atom is 0.312 e. The van der Waals surface area contributed by atoms with Crippen LogP contribution in [0.3, 0.4) is 0 Å². The van der Waals surface area contributed by atoms with E-state index in [1.54, 1.807) is 13.8 Å². The zero-order valence-corrected chi connectivity index (χ0v) is 11.9. The molecule has 2 rings (SSSR count). The molecule has 0 saturated heterocycles. The quantitative estimate of drug-likeness (QED) is 0.792. The maximum absolute atomic E-state index is 12.0. The smallest absolute Gasteiger partial charge is 0.312 e. The molecule has 1 aliphatic rings. The van der Waals surface area contributed by atoms with Crippen LogP contribution in [0.1, 0.15) is 25.0 Å². The largest absolute Gasteiger partial charge is 0.481 e. The van der Waals surface area contributed by atoms with Crippen molar-refractivity contribution in [2.24, 2.45) is 5.92 Å². The predicted molar refractivity (Wildman–Crippen MR) is 74.8 cm³/mol. The van der Waals surface area contributed by atoms with Gasteiger partial charge in [0.25, 0.3) is 0 Å². The highest BCUT2D eigenvalue weighted by Crippen LogP contribution is 2.28. The van der Waals surface area contributed by atoms with Gasteiger partial charge in [-0.25, -0.2) is 0 Å². The van der Waals surface area contributed by atoms with E-state index < -0.39 is 18.0 Å². The van der Waals surface area contributed by atoms with Crippen molar-refractivity contribution in [1.82, 2.24) is 0 Å². The molecule has 0 bridgehead atoms. The number of esters is 1. The number of ketones is 1. The van der Waals surface area contributed by atoms with E-state index in [0.717, 1.165) is 11.1 Å². The van der Waals surface area contributed by atoms with Crippen molar-refractivity contribution in [3.63, 3.8) is 0 Å². The summed E-state index contributed by atoms with van der Waals surface area (Å²) in [7, 11) is 0. The van der Waals surface area contributed by atoms with Crippen molar-refractivity contribution in [3.05, 3.63) is 41.5 Å². The van der Waals surface area contributed by atoms with Crippen molar-refractivity contribution in [2.75, 3.05) is 6.61 Å². The van der Waals surface area contributed by atoms with Crippen LogP contribution in [0.15, 0.2) is 30.3 Å². The molecule has 1 heterocycles. The second-order valence-electron chi connectivity index (χ2n) is 4.86. The van der Waals surface area contributed by atoms with Crippen LogP contribution >= 0.6 is 0 Å². The van der Waals surface area contributed by atoms with Gasteiger partial charge >= 0.3 is 5.97 Å². The fourth-order valence-corrected chi connectivity index (χ4v) is 2.06. The van der Waals surface area contributed by atoms with Crippen molar-refractivity contribution in [2.45, 2.75) is 26.9 Å². The third-order valence-electron chi connectivity index (χ3n) is 3.26. The first-order chi connectivity index (χ1) is 9.52. The van der Waals surface area contributed by atoms with Gasteiger partial charge in [0.2, 0.25) is 5.78 Å². The average molecular weight is 274 g/mol. The van der Waals surface area contributed by atoms with Gasteiger partial charge in [-0.05, 0) is 20.8 Å². The van der Waals surface area contributed by atoms with E-state index >= 15 is 0 Å². The van der Waals surface area contributed by atoms with Gasteiger partial charge in [-0.3, -0.25) is 9.59 Å². The number of aryl methyl sites for hydroxylation is 1. The molecule has 2 unspecified atom stereocenters. The summed E-state index contributed by atoms with van der Waals surface area (Å²) in [4.78, 5) is 23.7. The van der Waals surface area contributed by atoms with Gasteiger partial charge < -0.3 is 9.47 Å². The summed E-state index contributed by atoms with van der Waals surface area (Å²) < 4.78 is 10.6. The molecular formula is C16H18O4. The topological polar surface area (TPSA) is 52.6 Å². The molecule has 0 spiro atoms. The van der Waals surface area contributed by atoms with Crippen molar-refractivity contribution in [3.8, 4) is 0 Å². The molecule has 0 saturated carbocycles. The Morgan fingerprint density at radius 3 is 2.60 bits per heavy atom. The number of hydrogen-bond acceptors (Lipinski definition) is 4. The predicted octanol–water partition coefficient (Wildman–Crippen LogP) is 2.50. The van der Waals surface area contributed by atoms with Gasteiger partial charge in [-0.1, -0.05) is 29.8 Å². The highest BCUT2D eigenvalue weighted by atomic mass is 16.5. The van der Waals surface area contributed by atoms with Crippen LogP contribution < -0.4 is 0 Å². The number of benzene rings is 1. The summed E-state index contributed by atoms with van der Waals surface area (Å²) >= 11 is 0. The first-order valence-electron chi connectivity index (χ1n) is 6.68. The van der Waals surface area contributed by atoms with E-state index in [9.17, 15) is 9.59 Å². The second-order valence-corrected chi connectivity index (χ2v) is 4.86. The molecule has 4 heteroatoms. The molecule has 106 valence electrons. The lowest BCUT2D eigenvalue weighted by Crippen LogP contribution is -2.32. The lowest BCUT2D eigenvalue weighted by molar-refractivity contribution is -0.152. The van der Waals surface area contributed by atoms with E-state index in [4.69, 9.17) is 9.47 Å². The zero-order valence-electron chi connectivity index (χ0n) is 11.9. The normalized spacial score (nSPS) is 19.2. The van der Waals surface area contributed by atoms with E-state index in [1.165, 1.54) is 6.08 Å². The van der Waals surface area contributed by atoms with E-state index in [-0.39, 0.29) is 5.78 Å². The summed E-state index contributed by atoms with van der Waals surface area (Å²) in [5.74, 6) is -0.705. The summed E-state index contributed by atoms with van der Waals surface area (Å²) in [5, 5.41) is 0. The molecule has 20 heavy (non-hydrogen) atoms. The fourth-order valence-electron chi connectivity index (χ4n) is 2.06. The van der Waals surface area contributed by atoms with Gasteiger partial charge in [0, 0.05) is 11.6 Å². The number of ether oxygens (including phenoxy) is 2. The zero-order chi connectivity index (χ0) is 14.7. The Morgan fingerprint density at radius 2 is 2.00 bits per heavy atom. The summed E-state index contributed by atoms with van der Waals surface area (Å²) in [6.45, 7) is 5.66. The van der Waals surface area contributed by atoms with Gasteiger partial charge in [0.1, 0.15) is 5.76 Å². The van der Waals surface area contributed by atoms with E-state index in [2.05, 4.69) is 0 Å². The lowest BCUT2D eigenvalue weighted by Gasteiger charge is -2.18. The van der Waals surface area contributed by atoms with Gasteiger partial charge in [0.15, 0.2) is 6.10 Å². The summed E-state index contributed by atoms with van der Waals surface area (Å²) in [6, 6.07) is 7.69. The third kappa shape index (κ3) is 2.90. The molecule has 1 aromatic rings. The first-order valence-corrected chi connectivity index (χ1v) is 6.68. The molecule has 0 aliphatic carbocycles. The van der Waals surface area contributed by atoms with Crippen LogP contribution in [0, 0.1) is 12.8 Å². The Hall–Kier alpha value is -2.10. The summed E-state index contributed by atoms with van der Waals surface area (Å²) in [6.07, 6.45) is 0.663. The monoisotopic (exact) mass is 274 g/mol. The highest BCUT2D eigenvalue weighted by Gasteiger charge is 2.37. The number of carbonyl (C=O) groups is 2.